The number of aryl methyl sites for hydroxylation is 1. The van der Waals surface area contributed by atoms with Crippen LogP contribution < -0.4 is 10.1 Å². The first-order chi connectivity index (χ1) is 9.74. The fourth-order valence-electron chi connectivity index (χ4n) is 2.21. The van der Waals surface area contributed by atoms with Gasteiger partial charge in [0.2, 0.25) is 0 Å². The van der Waals surface area contributed by atoms with Crippen LogP contribution >= 0.6 is 0 Å². The average Bonchev–Trinajstić information content (AvgIpc) is 2.47. The average molecular weight is 271 g/mol. The fraction of sp³-hybridized carbons (Fsp3) is 0.294. The molecule has 0 radical (unpaired) electrons. The Bertz CT molecular complexity index is 567. The van der Waals surface area contributed by atoms with E-state index in [4.69, 9.17) is 9.47 Å². The van der Waals surface area contributed by atoms with E-state index >= 15 is 0 Å². The summed E-state index contributed by atoms with van der Waals surface area (Å²) in [5, 5.41) is 3.46. The molecule has 0 saturated heterocycles. The Balaban J connectivity index is 2.14. The molecule has 0 aliphatic heterocycles. The highest BCUT2D eigenvalue weighted by Gasteiger charge is 2.05. The Morgan fingerprint density at radius 2 is 1.80 bits per heavy atom. The maximum absolute atomic E-state index is 5.40. The maximum atomic E-state index is 5.40. The molecular weight excluding hydrogens is 250 g/mol. The van der Waals surface area contributed by atoms with Crippen LogP contribution in [0.5, 0.6) is 5.75 Å². The lowest BCUT2D eigenvalue weighted by molar-refractivity contribution is 0.185. The van der Waals surface area contributed by atoms with Crippen LogP contribution in [0.1, 0.15) is 16.7 Å². The molecule has 0 unspecified atom stereocenters. The molecule has 3 nitrogen and oxygen atoms in total. The molecule has 0 aliphatic rings. The Hall–Kier alpha value is -2.00. The molecule has 0 aromatic heterocycles. The molecule has 2 aromatic rings. The summed E-state index contributed by atoms with van der Waals surface area (Å²) in [4.78, 5) is 0. The lowest BCUT2D eigenvalue weighted by Crippen LogP contribution is -2.04. The van der Waals surface area contributed by atoms with Crippen LogP contribution in [-0.4, -0.2) is 14.2 Å². The first-order valence-electron chi connectivity index (χ1n) is 6.69. The second kappa shape index (κ2) is 6.96. The summed E-state index contributed by atoms with van der Waals surface area (Å²) in [6, 6.07) is 14.4. The van der Waals surface area contributed by atoms with Crippen molar-refractivity contribution >= 4 is 5.69 Å². The summed E-state index contributed by atoms with van der Waals surface area (Å²) >= 11 is 0. The summed E-state index contributed by atoms with van der Waals surface area (Å²) in [5.74, 6) is 0.910. The number of nitrogens with one attached hydrogen (secondary N) is 1. The molecule has 0 heterocycles. The molecule has 20 heavy (non-hydrogen) atoms. The number of rotatable bonds is 6. The van der Waals surface area contributed by atoms with Gasteiger partial charge in [0.05, 0.1) is 13.7 Å². The van der Waals surface area contributed by atoms with E-state index in [0.29, 0.717) is 6.61 Å². The van der Waals surface area contributed by atoms with Crippen LogP contribution in [0.25, 0.3) is 0 Å². The molecule has 0 amide bonds. The second-order valence-corrected chi connectivity index (χ2v) is 4.76. The van der Waals surface area contributed by atoms with Crippen LogP contribution in [0.15, 0.2) is 42.5 Å². The van der Waals surface area contributed by atoms with Crippen molar-refractivity contribution in [2.45, 2.75) is 20.1 Å². The number of hydrogen-bond donors (Lipinski definition) is 1. The lowest BCUT2D eigenvalue weighted by atomic mass is 10.1. The molecule has 0 fully saturated rings. The summed E-state index contributed by atoms with van der Waals surface area (Å²) in [7, 11) is 3.41. The Morgan fingerprint density at radius 1 is 1.00 bits per heavy atom. The van der Waals surface area contributed by atoms with Crippen molar-refractivity contribution in [1.29, 1.82) is 0 Å². The number of methoxy groups -OCH3 is 2. The molecule has 3 heteroatoms. The van der Waals surface area contributed by atoms with E-state index in [1.807, 2.05) is 18.2 Å². The van der Waals surface area contributed by atoms with Gasteiger partial charge in [-0.2, -0.15) is 0 Å². The zero-order valence-corrected chi connectivity index (χ0v) is 12.3. The predicted octanol–water partition coefficient (Wildman–Crippen LogP) is 3.76. The minimum absolute atomic E-state index is 0.605. The van der Waals surface area contributed by atoms with Gasteiger partial charge < -0.3 is 14.8 Å². The van der Waals surface area contributed by atoms with Crippen molar-refractivity contribution in [3.05, 3.63) is 59.2 Å². The van der Waals surface area contributed by atoms with E-state index < -0.39 is 0 Å². The standard InChI is InChI=1S/C17H21NO2/c1-13-8-9-17(20-3)15(10-13)11-18-16-7-5-4-6-14(16)12-19-2/h4-10,18H,11-12H2,1-3H3. The van der Waals surface area contributed by atoms with Crippen molar-refractivity contribution in [2.24, 2.45) is 0 Å². The van der Waals surface area contributed by atoms with Crippen LogP contribution in [0.3, 0.4) is 0 Å². The van der Waals surface area contributed by atoms with Crippen molar-refractivity contribution in [1.82, 2.24) is 0 Å². The van der Waals surface area contributed by atoms with Crippen molar-refractivity contribution in [2.75, 3.05) is 19.5 Å². The first kappa shape index (κ1) is 14.4. The van der Waals surface area contributed by atoms with Gasteiger partial charge in [0.15, 0.2) is 0 Å². The highest BCUT2D eigenvalue weighted by atomic mass is 16.5. The van der Waals surface area contributed by atoms with Gasteiger partial charge in [-0.3, -0.25) is 0 Å². The van der Waals surface area contributed by atoms with Crippen LogP contribution in [0.4, 0.5) is 5.69 Å². The molecule has 0 saturated carbocycles. The summed E-state index contributed by atoms with van der Waals surface area (Å²) in [5.41, 5.74) is 4.63. The number of hydrogen-bond acceptors (Lipinski definition) is 3. The third-order valence-electron chi connectivity index (χ3n) is 3.22. The van der Waals surface area contributed by atoms with Gasteiger partial charge in [0.25, 0.3) is 0 Å². The number of benzene rings is 2. The van der Waals surface area contributed by atoms with E-state index in [1.54, 1.807) is 14.2 Å². The quantitative estimate of drug-likeness (QED) is 0.867. The van der Waals surface area contributed by atoms with Crippen molar-refractivity contribution < 1.29 is 9.47 Å². The van der Waals surface area contributed by atoms with Crippen molar-refractivity contribution in [3.63, 3.8) is 0 Å². The van der Waals surface area contributed by atoms with Gasteiger partial charge >= 0.3 is 0 Å². The lowest BCUT2D eigenvalue weighted by Gasteiger charge is -2.14. The topological polar surface area (TPSA) is 30.5 Å². The fourth-order valence-corrected chi connectivity index (χ4v) is 2.21. The van der Waals surface area contributed by atoms with E-state index in [1.165, 1.54) is 5.56 Å². The zero-order valence-electron chi connectivity index (χ0n) is 12.3. The SMILES string of the molecule is COCc1ccccc1NCc1cc(C)ccc1OC. The summed E-state index contributed by atoms with van der Waals surface area (Å²) in [6.45, 7) is 3.42. The van der Waals surface area contributed by atoms with Gasteiger partial charge in [0, 0.05) is 30.5 Å². The molecule has 0 aliphatic carbocycles. The highest BCUT2D eigenvalue weighted by molar-refractivity contribution is 5.52. The minimum atomic E-state index is 0.605. The van der Waals surface area contributed by atoms with Crippen LogP contribution in [-0.2, 0) is 17.9 Å². The molecule has 1 N–H and O–H groups in total. The van der Waals surface area contributed by atoms with Gasteiger partial charge in [-0.05, 0) is 19.1 Å². The van der Waals surface area contributed by atoms with Gasteiger partial charge in [0.1, 0.15) is 5.75 Å². The molecule has 0 atom stereocenters. The summed E-state index contributed by atoms with van der Waals surface area (Å²) < 4.78 is 10.6. The molecule has 2 aromatic carbocycles. The second-order valence-electron chi connectivity index (χ2n) is 4.76. The van der Waals surface area contributed by atoms with E-state index in [9.17, 15) is 0 Å². The smallest absolute Gasteiger partial charge is 0.123 e. The monoisotopic (exact) mass is 271 g/mol. The third kappa shape index (κ3) is 3.52. The third-order valence-corrected chi connectivity index (χ3v) is 3.22. The number of ether oxygens (including phenoxy) is 2. The van der Waals surface area contributed by atoms with Crippen LogP contribution in [0, 0.1) is 6.92 Å². The van der Waals surface area contributed by atoms with E-state index in [2.05, 4.69) is 36.5 Å². The van der Waals surface area contributed by atoms with E-state index in [-0.39, 0.29) is 0 Å². The molecule has 2 rings (SSSR count). The molecular formula is C17H21NO2. The number of para-hydroxylation sites is 1. The van der Waals surface area contributed by atoms with E-state index in [0.717, 1.165) is 29.1 Å². The number of anilines is 1. The van der Waals surface area contributed by atoms with Gasteiger partial charge in [-0.25, -0.2) is 0 Å². The molecule has 0 bridgehead atoms. The maximum Gasteiger partial charge on any atom is 0.123 e. The largest absolute Gasteiger partial charge is 0.496 e. The Morgan fingerprint density at radius 3 is 2.55 bits per heavy atom. The molecule has 0 spiro atoms. The normalized spacial score (nSPS) is 10.3. The van der Waals surface area contributed by atoms with Crippen LogP contribution in [0.2, 0.25) is 0 Å². The Labute approximate surface area is 120 Å². The first-order valence-corrected chi connectivity index (χ1v) is 6.69. The van der Waals surface area contributed by atoms with Gasteiger partial charge in [-0.15, -0.1) is 0 Å². The van der Waals surface area contributed by atoms with Crippen molar-refractivity contribution in [3.8, 4) is 5.75 Å². The van der Waals surface area contributed by atoms with Gasteiger partial charge in [-0.1, -0.05) is 35.9 Å². The predicted molar refractivity (Wildman–Crippen MR) is 82.2 cm³/mol. The summed E-state index contributed by atoms with van der Waals surface area (Å²) in [6.07, 6.45) is 0. The Kier molecular flexibility index (Phi) is 5.02. The minimum Gasteiger partial charge on any atom is -0.496 e. The zero-order chi connectivity index (χ0) is 14.4. The highest BCUT2D eigenvalue weighted by Crippen LogP contribution is 2.22. The molecule has 106 valence electrons.